The second-order valence-electron chi connectivity index (χ2n) is 4.44. The van der Waals surface area contributed by atoms with E-state index in [-0.39, 0.29) is 5.69 Å². The van der Waals surface area contributed by atoms with Crippen LogP contribution in [0.3, 0.4) is 0 Å². The summed E-state index contributed by atoms with van der Waals surface area (Å²) in [6.45, 7) is 0.817. The Kier molecular flexibility index (Phi) is 3.11. The van der Waals surface area contributed by atoms with Gasteiger partial charge in [0.15, 0.2) is 0 Å². The molecule has 0 spiro atoms. The third kappa shape index (κ3) is 1.99. The lowest BCUT2D eigenvalue weighted by atomic mass is 9.92. The Bertz CT molecular complexity index is 520. The number of aliphatic hydroxyl groups excluding tert-OH is 2. The largest absolute Gasteiger partial charge is 0.394 e. The van der Waals surface area contributed by atoms with Crippen LogP contribution in [0.25, 0.3) is 0 Å². The van der Waals surface area contributed by atoms with Crippen molar-refractivity contribution in [1.29, 1.82) is 0 Å². The summed E-state index contributed by atoms with van der Waals surface area (Å²) in [7, 11) is 0. The maximum absolute atomic E-state index is 11.2. The summed E-state index contributed by atoms with van der Waals surface area (Å²) < 4.78 is 5.26. The third-order valence-electron chi connectivity index (χ3n) is 3.10. The van der Waals surface area contributed by atoms with Gasteiger partial charge in [-0.05, 0) is 6.92 Å². The first-order valence-electron chi connectivity index (χ1n) is 5.36. The van der Waals surface area contributed by atoms with Crippen LogP contribution in [0.1, 0.15) is 18.7 Å². The Hall–Kier alpha value is -1.48. The van der Waals surface area contributed by atoms with E-state index in [0.29, 0.717) is 0 Å². The number of hydrogen-bond donors (Lipinski definition) is 5. The van der Waals surface area contributed by atoms with Crippen LogP contribution in [0.15, 0.2) is 15.7 Å². The zero-order chi connectivity index (χ0) is 13.5. The Morgan fingerprint density at radius 1 is 1.44 bits per heavy atom. The summed E-state index contributed by atoms with van der Waals surface area (Å²) in [5.74, 6) is 0. The predicted molar refractivity (Wildman–Crippen MR) is 59.0 cm³/mol. The van der Waals surface area contributed by atoms with Crippen molar-refractivity contribution in [3.8, 4) is 0 Å². The van der Waals surface area contributed by atoms with Gasteiger partial charge < -0.3 is 25.0 Å². The number of H-pyrrole nitrogens is 2. The molecule has 0 amide bonds. The molecular weight excluding hydrogens is 244 g/mol. The molecule has 100 valence electrons. The summed E-state index contributed by atoms with van der Waals surface area (Å²) in [4.78, 5) is 26.6. The van der Waals surface area contributed by atoms with Gasteiger partial charge in [0.1, 0.15) is 23.9 Å². The molecule has 8 nitrogen and oxygen atoms in total. The van der Waals surface area contributed by atoms with Gasteiger partial charge in [0.25, 0.3) is 5.56 Å². The molecule has 0 radical (unpaired) electrons. The lowest BCUT2D eigenvalue weighted by molar-refractivity contribution is -0.0794. The third-order valence-corrected chi connectivity index (χ3v) is 3.10. The number of ether oxygens (including phenoxy) is 1. The normalized spacial score (nSPS) is 35.9. The highest BCUT2D eigenvalue weighted by molar-refractivity contribution is 5.13. The topological polar surface area (TPSA) is 136 Å². The van der Waals surface area contributed by atoms with Gasteiger partial charge in [-0.2, -0.15) is 0 Å². The summed E-state index contributed by atoms with van der Waals surface area (Å²) in [5.41, 5.74) is -3.00. The number of hydrogen-bond acceptors (Lipinski definition) is 6. The van der Waals surface area contributed by atoms with Crippen LogP contribution in [-0.2, 0) is 4.74 Å². The van der Waals surface area contributed by atoms with Gasteiger partial charge in [-0.1, -0.05) is 0 Å². The van der Waals surface area contributed by atoms with Gasteiger partial charge in [0.2, 0.25) is 0 Å². The van der Waals surface area contributed by atoms with Crippen molar-refractivity contribution in [1.82, 2.24) is 9.97 Å². The van der Waals surface area contributed by atoms with Crippen LogP contribution in [0.5, 0.6) is 0 Å². The maximum atomic E-state index is 11.2. The second-order valence-corrected chi connectivity index (χ2v) is 4.44. The molecule has 0 aliphatic carbocycles. The van der Waals surface area contributed by atoms with E-state index in [1.54, 1.807) is 0 Å². The van der Waals surface area contributed by atoms with Crippen LogP contribution in [0, 0.1) is 0 Å². The molecule has 1 unspecified atom stereocenters. The monoisotopic (exact) mass is 258 g/mol. The first-order valence-corrected chi connectivity index (χ1v) is 5.36. The van der Waals surface area contributed by atoms with Crippen molar-refractivity contribution in [2.45, 2.75) is 30.8 Å². The molecule has 0 bridgehead atoms. The Morgan fingerprint density at radius 3 is 2.61 bits per heavy atom. The molecule has 0 saturated carbocycles. The lowest BCUT2D eigenvalue weighted by Crippen LogP contribution is -2.45. The minimum atomic E-state index is -1.67. The Morgan fingerprint density at radius 2 is 2.11 bits per heavy atom. The minimum Gasteiger partial charge on any atom is -0.394 e. The number of aromatic amines is 2. The Labute approximate surface area is 101 Å². The second kappa shape index (κ2) is 4.32. The van der Waals surface area contributed by atoms with Gasteiger partial charge in [0.05, 0.1) is 12.3 Å². The van der Waals surface area contributed by atoms with Crippen LogP contribution in [0.2, 0.25) is 0 Å². The van der Waals surface area contributed by atoms with E-state index in [2.05, 4.69) is 4.98 Å². The lowest BCUT2D eigenvalue weighted by Gasteiger charge is -2.25. The van der Waals surface area contributed by atoms with E-state index in [0.717, 1.165) is 6.07 Å². The molecule has 2 heterocycles. The predicted octanol–water partition coefficient (Wildman–Crippen LogP) is -2.39. The molecule has 1 aromatic rings. The zero-order valence-corrected chi connectivity index (χ0v) is 9.58. The van der Waals surface area contributed by atoms with Crippen molar-refractivity contribution in [3.63, 3.8) is 0 Å². The average Bonchev–Trinajstić information content (AvgIpc) is 2.49. The molecule has 2 rings (SSSR count). The van der Waals surface area contributed by atoms with E-state index in [1.807, 2.05) is 4.98 Å². The van der Waals surface area contributed by atoms with Crippen molar-refractivity contribution >= 4 is 0 Å². The van der Waals surface area contributed by atoms with E-state index in [9.17, 15) is 19.8 Å². The van der Waals surface area contributed by atoms with Crippen LogP contribution >= 0.6 is 0 Å². The van der Waals surface area contributed by atoms with E-state index < -0.39 is 41.8 Å². The van der Waals surface area contributed by atoms with Crippen molar-refractivity contribution in [3.05, 3.63) is 32.6 Å². The highest BCUT2D eigenvalue weighted by atomic mass is 16.6. The van der Waals surface area contributed by atoms with Crippen molar-refractivity contribution in [2.75, 3.05) is 6.61 Å². The van der Waals surface area contributed by atoms with Crippen molar-refractivity contribution in [2.24, 2.45) is 0 Å². The Balaban J connectivity index is 2.41. The fourth-order valence-electron chi connectivity index (χ4n) is 2.00. The highest BCUT2D eigenvalue weighted by Crippen LogP contribution is 2.38. The quantitative estimate of drug-likeness (QED) is 0.401. The fraction of sp³-hybridized carbons (Fsp3) is 0.600. The molecule has 1 aliphatic rings. The van der Waals surface area contributed by atoms with Gasteiger partial charge in [-0.3, -0.25) is 9.78 Å². The van der Waals surface area contributed by atoms with E-state index in [1.165, 1.54) is 6.92 Å². The SMILES string of the molecule is C[C@@]1(O)C(O)[C@H](c2cc(=O)[nH]c(=O)[nH]2)O[C@@H]1CO. The minimum absolute atomic E-state index is 0.0486. The van der Waals surface area contributed by atoms with Gasteiger partial charge in [-0.25, -0.2) is 4.79 Å². The van der Waals surface area contributed by atoms with Gasteiger partial charge in [0, 0.05) is 6.07 Å². The van der Waals surface area contributed by atoms with E-state index >= 15 is 0 Å². The number of aromatic nitrogens is 2. The molecule has 1 fully saturated rings. The molecule has 18 heavy (non-hydrogen) atoms. The molecule has 4 atom stereocenters. The summed E-state index contributed by atoms with van der Waals surface area (Å²) in [6, 6.07) is 1.06. The molecule has 1 aliphatic heterocycles. The average molecular weight is 258 g/mol. The number of rotatable bonds is 2. The molecule has 8 heteroatoms. The van der Waals surface area contributed by atoms with Gasteiger partial charge >= 0.3 is 5.69 Å². The summed E-state index contributed by atoms with van der Waals surface area (Å²) in [5, 5.41) is 29.0. The van der Waals surface area contributed by atoms with Crippen molar-refractivity contribution < 1.29 is 20.1 Å². The maximum Gasteiger partial charge on any atom is 0.325 e. The molecule has 0 aromatic carbocycles. The fourth-order valence-corrected chi connectivity index (χ4v) is 2.00. The van der Waals surface area contributed by atoms with Crippen LogP contribution < -0.4 is 11.2 Å². The molecule has 1 aromatic heterocycles. The number of nitrogens with one attached hydrogen (secondary N) is 2. The highest BCUT2D eigenvalue weighted by Gasteiger charge is 2.52. The first kappa shape index (κ1) is 13.0. The molecular formula is C10H14N2O6. The van der Waals surface area contributed by atoms with E-state index in [4.69, 9.17) is 9.84 Å². The van der Waals surface area contributed by atoms with Crippen LogP contribution in [0.4, 0.5) is 0 Å². The first-order chi connectivity index (χ1) is 8.36. The summed E-state index contributed by atoms with van der Waals surface area (Å²) in [6.07, 6.45) is -3.44. The van der Waals surface area contributed by atoms with Crippen LogP contribution in [-0.4, -0.2) is 49.7 Å². The summed E-state index contributed by atoms with van der Waals surface area (Å²) >= 11 is 0. The zero-order valence-electron chi connectivity index (χ0n) is 9.58. The number of aliphatic hydroxyl groups is 3. The molecule has 1 saturated heterocycles. The van der Waals surface area contributed by atoms with Gasteiger partial charge in [-0.15, -0.1) is 0 Å². The smallest absolute Gasteiger partial charge is 0.325 e. The standard InChI is InChI=1S/C10H14N2O6/c1-10(17)5(3-13)18-7(8(10)15)4-2-6(14)12-9(16)11-4/h2,5,7-8,13,15,17H,3H2,1H3,(H2,11,12,14,16)/t5-,7+,8?,10+/m1/s1. The molecule has 5 N–H and O–H groups in total.